The van der Waals surface area contributed by atoms with Gasteiger partial charge in [0.15, 0.2) is 17.7 Å². The summed E-state index contributed by atoms with van der Waals surface area (Å²) in [4.78, 5) is 14.2. The van der Waals surface area contributed by atoms with Crippen molar-refractivity contribution in [3.63, 3.8) is 0 Å². The molecule has 1 fully saturated rings. The van der Waals surface area contributed by atoms with Crippen LogP contribution in [0.5, 0.6) is 11.5 Å². The standard InChI is InChI=1S/C14H17NO5/c1-17-10-4-3-9-11(12(10)18-2)14(16)20-13(9)15-5-7-19-8-6-15/h3-4,13H,5-8H2,1-2H3. The van der Waals surface area contributed by atoms with Gasteiger partial charge in [0.1, 0.15) is 5.56 Å². The fraction of sp³-hybridized carbons (Fsp3) is 0.500. The van der Waals surface area contributed by atoms with E-state index >= 15 is 0 Å². The summed E-state index contributed by atoms with van der Waals surface area (Å²) in [7, 11) is 3.07. The van der Waals surface area contributed by atoms with Crippen molar-refractivity contribution in [3.8, 4) is 11.5 Å². The molecule has 0 amide bonds. The Morgan fingerprint density at radius 3 is 2.60 bits per heavy atom. The Bertz CT molecular complexity index is 525. The Kier molecular flexibility index (Phi) is 3.50. The van der Waals surface area contributed by atoms with E-state index < -0.39 is 0 Å². The summed E-state index contributed by atoms with van der Waals surface area (Å²) >= 11 is 0. The molecule has 1 aromatic rings. The number of esters is 1. The van der Waals surface area contributed by atoms with Crippen molar-refractivity contribution in [2.75, 3.05) is 40.5 Å². The third kappa shape index (κ3) is 2.01. The Morgan fingerprint density at radius 2 is 1.95 bits per heavy atom. The van der Waals surface area contributed by atoms with Gasteiger partial charge in [-0.05, 0) is 12.1 Å². The van der Waals surface area contributed by atoms with Crippen LogP contribution in [-0.2, 0) is 9.47 Å². The van der Waals surface area contributed by atoms with Crippen LogP contribution in [0.3, 0.4) is 0 Å². The van der Waals surface area contributed by atoms with E-state index in [0.717, 1.165) is 18.7 Å². The summed E-state index contributed by atoms with van der Waals surface area (Å²) in [6, 6.07) is 3.66. The molecule has 1 saturated heterocycles. The van der Waals surface area contributed by atoms with Crippen LogP contribution in [0.1, 0.15) is 22.1 Å². The van der Waals surface area contributed by atoms with E-state index in [1.807, 2.05) is 6.07 Å². The second-order valence-corrected chi connectivity index (χ2v) is 4.67. The number of fused-ring (bicyclic) bond motifs is 1. The molecule has 1 aromatic carbocycles. The number of cyclic esters (lactones) is 1. The Balaban J connectivity index is 2.00. The monoisotopic (exact) mass is 279 g/mol. The maximum absolute atomic E-state index is 12.2. The zero-order valence-electron chi connectivity index (χ0n) is 11.5. The highest BCUT2D eigenvalue weighted by Gasteiger charge is 2.39. The Hall–Kier alpha value is -1.79. The number of methoxy groups -OCH3 is 2. The van der Waals surface area contributed by atoms with Crippen molar-refractivity contribution in [1.82, 2.24) is 4.90 Å². The maximum atomic E-state index is 12.2. The lowest BCUT2D eigenvalue weighted by Crippen LogP contribution is -2.39. The van der Waals surface area contributed by atoms with Crippen LogP contribution in [0.4, 0.5) is 0 Å². The van der Waals surface area contributed by atoms with Gasteiger partial charge in [0.25, 0.3) is 0 Å². The number of carbonyl (C=O) groups excluding carboxylic acids is 1. The third-order valence-corrected chi connectivity index (χ3v) is 3.64. The molecule has 20 heavy (non-hydrogen) atoms. The van der Waals surface area contributed by atoms with Crippen LogP contribution in [0.2, 0.25) is 0 Å². The second kappa shape index (κ2) is 5.30. The molecule has 2 heterocycles. The first-order valence-electron chi connectivity index (χ1n) is 6.54. The summed E-state index contributed by atoms with van der Waals surface area (Å²) in [6.07, 6.45) is -0.360. The highest BCUT2D eigenvalue weighted by atomic mass is 16.6. The largest absolute Gasteiger partial charge is 0.493 e. The maximum Gasteiger partial charge on any atom is 0.344 e. The molecule has 108 valence electrons. The highest BCUT2D eigenvalue weighted by Crippen LogP contribution is 2.43. The van der Waals surface area contributed by atoms with Crippen molar-refractivity contribution in [1.29, 1.82) is 0 Å². The summed E-state index contributed by atoms with van der Waals surface area (Å²) in [5.74, 6) is 0.601. The minimum absolute atomic E-state index is 0.360. The number of benzene rings is 1. The summed E-state index contributed by atoms with van der Waals surface area (Å²) < 4.78 is 21.4. The molecule has 6 heteroatoms. The zero-order chi connectivity index (χ0) is 14.1. The lowest BCUT2D eigenvalue weighted by Gasteiger charge is -2.31. The Labute approximate surface area is 117 Å². The van der Waals surface area contributed by atoms with Crippen LogP contribution >= 0.6 is 0 Å². The number of rotatable bonds is 3. The number of ether oxygens (including phenoxy) is 4. The minimum Gasteiger partial charge on any atom is -0.493 e. The first-order valence-corrected chi connectivity index (χ1v) is 6.54. The normalized spacial score (nSPS) is 22.3. The molecule has 0 aliphatic carbocycles. The van der Waals surface area contributed by atoms with Crippen LogP contribution in [0.15, 0.2) is 12.1 Å². The van der Waals surface area contributed by atoms with Crippen LogP contribution < -0.4 is 9.47 Å². The number of hydrogen-bond donors (Lipinski definition) is 0. The number of carbonyl (C=O) groups is 1. The van der Waals surface area contributed by atoms with E-state index in [0.29, 0.717) is 30.3 Å². The SMILES string of the molecule is COc1ccc2c(c1OC)C(=O)OC2N1CCOCC1. The first kappa shape index (κ1) is 13.2. The average molecular weight is 279 g/mol. The van der Waals surface area contributed by atoms with E-state index in [2.05, 4.69) is 4.90 Å². The summed E-state index contributed by atoms with van der Waals surface area (Å²) in [6.45, 7) is 2.78. The smallest absolute Gasteiger partial charge is 0.344 e. The molecular weight excluding hydrogens is 262 g/mol. The molecule has 2 aliphatic heterocycles. The van der Waals surface area contributed by atoms with Gasteiger partial charge < -0.3 is 18.9 Å². The molecule has 3 rings (SSSR count). The highest BCUT2D eigenvalue weighted by molar-refractivity contribution is 5.98. The molecule has 2 aliphatic rings. The fourth-order valence-corrected chi connectivity index (χ4v) is 2.67. The van der Waals surface area contributed by atoms with Gasteiger partial charge in [-0.1, -0.05) is 0 Å². The molecule has 0 aromatic heterocycles. The number of morpholine rings is 1. The van der Waals surface area contributed by atoms with Gasteiger partial charge in [-0.3, -0.25) is 4.90 Å². The van der Waals surface area contributed by atoms with Gasteiger partial charge in [-0.2, -0.15) is 0 Å². The van der Waals surface area contributed by atoms with Crippen molar-refractivity contribution in [2.24, 2.45) is 0 Å². The van der Waals surface area contributed by atoms with Gasteiger partial charge >= 0.3 is 5.97 Å². The molecule has 1 atom stereocenters. The van der Waals surface area contributed by atoms with E-state index in [1.165, 1.54) is 7.11 Å². The van der Waals surface area contributed by atoms with Gasteiger partial charge in [-0.15, -0.1) is 0 Å². The molecule has 0 spiro atoms. The quantitative estimate of drug-likeness (QED) is 0.775. The lowest BCUT2D eigenvalue weighted by atomic mass is 10.1. The Morgan fingerprint density at radius 1 is 1.20 bits per heavy atom. The van der Waals surface area contributed by atoms with E-state index in [9.17, 15) is 4.79 Å². The summed E-state index contributed by atoms with van der Waals surface area (Å²) in [5.41, 5.74) is 1.29. The number of hydrogen-bond acceptors (Lipinski definition) is 6. The van der Waals surface area contributed by atoms with Crippen molar-refractivity contribution >= 4 is 5.97 Å². The van der Waals surface area contributed by atoms with E-state index in [4.69, 9.17) is 18.9 Å². The molecule has 0 radical (unpaired) electrons. The predicted molar refractivity (Wildman–Crippen MR) is 70.1 cm³/mol. The topological polar surface area (TPSA) is 57.2 Å². The number of nitrogens with zero attached hydrogens (tertiary/aromatic N) is 1. The van der Waals surface area contributed by atoms with Gasteiger partial charge in [0.05, 0.1) is 27.4 Å². The molecule has 0 bridgehead atoms. The first-order chi connectivity index (χ1) is 9.76. The third-order valence-electron chi connectivity index (χ3n) is 3.64. The second-order valence-electron chi connectivity index (χ2n) is 4.67. The molecule has 6 nitrogen and oxygen atoms in total. The van der Waals surface area contributed by atoms with E-state index in [-0.39, 0.29) is 12.2 Å². The molecule has 0 N–H and O–H groups in total. The van der Waals surface area contributed by atoms with Crippen molar-refractivity contribution in [2.45, 2.75) is 6.23 Å². The predicted octanol–water partition coefficient (Wildman–Crippen LogP) is 1.20. The van der Waals surface area contributed by atoms with Gasteiger partial charge in [-0.25, -0.2) is 4.79 Å². The van der Waals surface area contributed by atoms with Crippen LogP contribution in [0.25, 0.3) is 0 Å². The molecule has 1 unspecified atom stereocenters. The fourth-order valence-electron chi connectivity index (χ4n) is 2.67. The van der Waals surface area contributed by atoms with E-state index in [1.54, 1.807) is 13.2 Å². The zero-order valence-corrected chi connectivity index (χ0v) is 11.5. The van der Waals surface area contributed by atoms with Gasteiger partial charge in [0.2, 0.25) is 0 Å². The van der Waals surface area contributed by atoms with Crippen molar-refractivity contribution in [3.05, 3.63) is 23.3 Å². The minimum atomic E-state index is -0.368. The van der Waals surface area contributed by atoms with Crippen LogP contribution in [0, 0.1) is 0 Å². The summed E-state index contributed by atoms with van der Waals surface area (Å²) in [5, 5.41) is 0. The molecular formula is C14H17NO5. The lowest BCUT2D eigenvalue weighted by molar-refractivity contribution is -0.0658. The van der Waals surface area contributed by atoms with Gasteiger partial charge in [0, 0.05) is 18.7 Å². The van der Waals surface area contributed by atoms with Crippen LogP contribution in [-0.4, -0.2) is 51.4 Å². The average Bonchev–Trinajstić information content (AvgIpc) is 2.84. The van der Waals surface area contributed by atoms with Crippen molar-refractivity contribution < 1.29 is 23.7 Å². The molecule has 0 saturated carbocycles.